The topological polar surface area (TPSA) is 79.4 Å². The van der Waals surface area contributed by atoms with Gasteiger partial charge in [-0.2, -0.15) is 5.10 Å². The molecule has 7 heteroatoms. The van der Waals surface area contributed by atoms with Crippen molar-refractivity contribution in [1.82, 2.24) is 25.1 Å². The van der Waals surface area contributed by atoms with Gasteiger partial charge in [0, 0.05) is 6.54 Å². The van der Waals surface area contributed by atoms with E-state index in [1.54, 1.807) is 0 Å². The molecule has 16 heavy (non-hydrogen) atoms. The predicted molar refractivity (Wildman–Crippen MR) is 64.0 cm³/mol. The highest BCUT2D eigenvalue weighted by molar-refractivity contribution is 9.10. The molecule has 0 amide bonds. The van der Waals surface area contributed by atoms with Crippen LogP contribution in [0.25, 0.3) is 11.6 Å². The highest BCUT2D eigenvalue weighted by Crippen LogP contribution is 2.25. The largest absolute Gasteiger partial charge is 0.369 e. The number of H-pyrrole nitrogens is 1. The van der Waals surface area contributed by atoms with Gasteiger partial charge in [0.15, 0.2) is 11.6 Å². The molecule has 0 aliphatic carbocycles. The van der Waals surface area contributed by atoms with Gasteiger partial charge in [0.2, 0.25) is 0 Å². The summed E-state index contributed by atoms with van der Waals surface area (Å²) in [5, 5.41) is 9.68. The molecule has 0 fully saturated rings. The molecule has 0 spiro atoms. The summed E-state index contributed by atoms with van der Waals surface area (Å²) in [6.45, 7) is 4.72. The van der Waals surface area contributed by atoms with Crippen LogP contribution in [0.5, 0.6) is 0 Å². The molecular formula is C9H11BrN6. The first-order valence-electron chi connectivity index (χ1n) is 4.86. The highest BCUT2D eigenvalue weighted by atomic mass is 79.9. The monoisotopic (exact) mass is 282 g/mol. The molecule has 2 heterocycles. The summed E-state index contributed by atoms with van der Waals surface area (Å²) in [5.74, 6) is 1.87. The number of aryl methyl sites for hydroxylation is 1. The predicted octanol–water partition coefficient (Wildman–Crippen LogP) is 1.76. The first kappa shape index (κ1) is 11.0. The van der Waals surface area contributed by atoms with Crippen LogP contribution in [0.4, 0.5) is 5.82 Å². The molecule has 6 nitrogen and oxygen atoms in total. The van der Waals surface area contributed by atoms with Gasteiger partial charge >= 0.3 is 0 Å². The van der Waals surface area contributed by atoms with Gasteiger partial charge in [-0.25, -0.2) is 15.0 Å². The highest BCUT2D eigenvalue weighted by Gasteiger charge is 2.11. The lowest BCUT2D eigenvalue weighted by atomic mass is 10.4. The van der Waals surface area contributed by atoms with Crippen molar-refractivity contribution in [3.8, 4) is 11.6 Å². The second kappa shape index (κ2) is 4.56. The molecule has 0 aromatic carbocycles. The molecule has 2 rings (SSSR count). The minimum atomic E-state index is 0.536. The molecule has 2 aromatic heterocycles. The van der Waals surface area contributed by atoms with Crippen molar-refractivity contribution in [1.29, 1.82) is 0 Å². The van der Waals surface area contributed by atoms with Gasteiger partial charge in [-0.1, -0.05) is 0 Å². The zero-order chi connectivity index (χ0) is 11.5. The Morgan fingerprint density at radius 1 is 1.44 bits per heavy atom. The fourth-order valence-corrected chi connectivity index (χ4v) is 1.58. The molecule has 0 radical (unpaired) electrons. The molecule has 0 aliphatic rings. The van der Waals surface area contributed by atoms with Crippen LogP contribution >= 0.6 is 15.9 Å². The van der Waals surface area contributed by atoms with Gasteiger partial charge in [0.1, 0.15) is 12.1 Å². The third kappa shape index (κ3) is 2.04. The first-order chi connectivity index (χ1) is 7.72. The van der Waals surface area contributed by atoms with Gasteiger partial charge < -0.3 is 5.32 Å². The maximum absolute atomic E-state index is 4.36. The van der Waals surface area contributed by atoms with Crippen LogP contribution in [0.1, 0.15) is 12.6 Å². The third-order valence-corrected chi connectivity index (χ3v) is 2.94. The van der Waals surface area contributed by atoms with E-state index < -0.39 is 0 Å². The Morgan fingerprint density at radius 3 is 2.88 bits per heavy atom. The summed E-state index contributed by atoms with van der Waals surface area (Å²) in [5.41, 5.74) is 0.859. The Hall–Kier alpha value is -1.50. The number of nitrogens with one attached hydrogen (secondary N) is 2. The number of anilines is 1. The average molecular weight is 283 g/mol. The maximum atomic E-state index is 4.36. The molecule has 0 bridgehead atoms. The Bertz CT molecular complexity index is 481. The van der Waals surface area contributed by atoms with Crippen LogP contribution in [-0.4, -0.2) is 31.7 Å². The van der Waals surface area contributed by atoms with Crippen molar-refractivity contribution in [3.05, 3.63) is 16.5 Å². The van der Waals surface area contributed by atoms with Crippen LogP contribution in [0.2, 0.25) is 0 Å². The fourth-order valence-electron chi connectivity index (χ4n) is 1.26. The average Bonchev–Trinajstić information content (AvgIpc) is 2.78. The van der Waals surface area contributed by atoms with Crippen molar-refractivity contribution in [2.75, 3.05) is 11.9 Å². The number of aromatic amines is 1. The third-order valence-electron chi connectivity index (χ3n) is 1.99. The second-order valence-corrected chi connectivity index (χ2v) is 3.95. The van der Waals surface area contributed by atoms with E-state index in [2.05, 4.69) is 46.4 Å². The summed E-state index contributed by atoms with van der Waals surface area (Å²) in [4.78, 5) is 12.7. The minimum Gasteiger partial charge on any atom is -0.369 e. The number of aromatic nitrogens is 5. The Labute approximate surface area is 101 Å². The summed E-state index contributed by atoms with van der Waals surface area (Å²) in [6.07, 6.45) is 1.43. The molecule has 0 aliphatic heterocycles. The summed E-state index contributed by atoms with van der Waals surface area (Å²) < 4.78 is 0.873. The zero-order valence-corrected chi connectivity index (χ0v) is 10.5. The lowest BCUT2D eigenvalue weighted by Gasteiger charge is -2.08. The molecule has 0 unspecified atom stereocenters. The Balaban J connectivity index is 2.48. The SMILES string of the molecule is CCNc1nc(-c2ncn[nH]2)nc(C)c1Br. The van der Waals surface area contributed by atoms with E-state index in [-0.39, 0.29) is 0 Å². The van der Waals surface area contributed by atoms with E-state index in [1.165, 1.54) is 6.33 Å². The lowest BCUT2D eigenvalue weighted by Crippen LogP contribution is -2.05. The van der Waals surface area contributed by atoms with Crippen LogP contribution in [0.3, 0.4) is 0 Å². The van der Waals surface area contributed by atoms with Gasteiger partial charge in [-0.15, -0.1) is 0 Å². The number of nitrogens with zero attached hydrogens (tertiary/aromatic N) is 4. The van der Waals surface area contributed by atoms with Crippen molar-refractivity contribution < 1.29 is 0 Å². The van der Waals surface area contributed by atoms with Crippen LogP contribution in [0.15, 0.2) is 10.8 Å². The number of rotatable bonds is 3. The standard InChI is InChI=1S/C9H11BrN6/c1-3-11-7-6(10)5(2)14-9(15-7)8-12-4-13-16-8/h4H,3H2,1-2H3,(H,11,14,15)(H,12,13,16). The number of hydrogen-bond acceptors (Lipinski definition) is 5. The number of hydrogen-bond donors (Lipinski definition) is 2. The summed E-state index contributed by atoms with van der Waals surface area (Å²) in [6, 6.07) is 0. The Kier molecular flexibility index (Phi) is 3.14. The van der Waals surface area contributed by atoms with Crippen molar-refractivity contribution in [2.24, 2.45) is 0 Å². The van der Waals surface area contributed by atoms with E-state index in [4.69, 9.17) is 0 Å². The van der Waals surface area contributed by atoms with E-state index in [1.807, 2.05) is 13.8 Å². The molecule has 0 saturated carbocycles. The van der Waals surface area contributed by atoms with Gasteiger partial charge in [0.25, 0.3) is 0 Å². The van der Waals surface area contributed by atoms with E-state index in [0.29, 0.717) is 11.6 Å². The van der Waals surface area contributed by atoms with E-state index in [9.17, 15) is 0 Å². The normalized spacial score (nSPS) is 10.4. The van der Waals surface area contributed by atoms with Crippen LogP contribution in [0, 0.1) is 6.92 Å². The first-order valence-corrected chi connectivity index (χ1v) is 5.65. The van der Waals surface area contributed by atoms with Gasteiger partial charge in [-0.05, 0) is 29.8 Å². The van der Waals surface area contributed by atoms with Crippen LogP contribution in [-0.2, 0) is 0 Å². The van der Waals surface area contributed by atoms with Crippen molar-refractivity contribution in [2.45, 2.75) is 13.8 Å². The molecule has 0 atom stereocenters. The molecule has 0 saturated heterocycles. The van der Waals surface area contributed by atoms with Crippen molar-refractivity contribution >= 4 is 21.7 Å². The molecular weight excluding hydrogens is 272 g/mol. The lowest BCUT2D eigenvalue weighted by molar-refractivity contribution is 1.02. The van der Waals surface area contributed by atoms with Crippen molar-refractivity contribution in [3.63, 3.8) is 0 Å². The Morgan fingerprint density at radius 2 is 2.25 bits per heavy atom. The van der Waals surface area contributed by atoms with Crippen LogP contribution < -0.4 is 5.32 Å². The zero-order valence-electron chi connectivity index (χ0n) is 8.95. The molecule has 2 aromatic rings. The summed E-state index contributed by atoms with van der Waals surface area (Å²) in [7, 11) is 0. The van der Waals surface area contributed by atoms with Gasteiger partial charge in [0.05, 0.1) is 10.2 Å². The molecule has 2 N–H and O–H groups in total. The quantitative estimate of drug-likeness (QED) is 0.897. The second-order valence-electron chi connectivity index (χ2n) is 3.16. The fraction of sp³-hybridized carbons (Fsp3) is 0.333. The van der Waals surface area contributed by atoms with Gasteiger partial charge in [-0.3, -0.25) is 5.10 Å². The smallest absolute Gasteiger partial charge is 0.199 e. The number of halogens is 1. The minimum absolute atomic E-state index is 0.536. The van der Waals surface area contributed by atoms with E-state index in [0.717, 1.165) is 22.5 Å². The van der Waals surface area contributed by atoms with E-state index >= 15 is 0 Å². The molecule has 84 valence electrons. The summed E-state index contributed by atoms with van der Waals surface area (Å²) >= 11 is 3.44. The maximum Gasteiger partial charge on any atom is 0.199 e.